The Kier molecular flexibility index (Phi) is 5.22. The number of hydrogen-bond donors (Lipinski definition) is 2. The fourth-order valence-electron chi connectivity index (χ4n) is 2.81. The lowest BCUT2D eigenvalue weighted by molar-refractivity contribution is 0.0810. The zero-order valence-corrected chi connectivity index (χ0v) is 12.4. The van der Waals surface area contributed by atoms with E-state index < -0.39 is 0 Å². The lowest BCUT2D eigenvalue weighted by Crippen LogP contribution is -2.38. The molecule has 1 aliphatic carbocycles. The van der Waals surface area contributed by atoms with Crippen LogP contribution in [0.15, 0.2) is 28.7 Å². The van der Waals surface area contributed by atoms with Crippen molar-refractivity contribution in [2.75, 3.05) is 13.2 Å². The Bertz CT molecular complexity index is 375. The van der Waals surface area contributed by atoms with E-state index in [1.54, 1.807) is 0 Å². The molecule has 0 bridgehead atoms. The predicted molar refractivity (Wildman–Crippen MR) is 78.5 cm³/mol. The second-order valence-electron chi connectivity index (χ2n) is 5.45. The van der Waals surface area contributed by atoms with Crippen molar-refractivity contribution < 1.29 is 5.11 Å². The highest BCUT2D eigenvalue weighted by atomic mass is 79.9. The van der Waals surface area contributed by atoms with E-state index in [1.165, 1.54) is 24.8 Å². The predicted octanol–water partition coefficient (Wildman–Crippen LogP) is 3.48. The summed E-state index contributed by atoms with van der Waals surface area (Å²) in [5.74, 6) is 0. The first-order valence-corrected chi connectivity index (χ1v) is 7.59. The van der Waals surface area contributed by atoms with Gasteiger partial charge in [0.1, 0.15) is 0 Å². The highest BCUT2D eigenvalue weighted by Gasteiger charge is 2.30. The van der Waals surface area contributed by atoms with Gasteiger partial charge in [-0.05, 0) is 30.5 Å². The topological polar surface area (TPSA) is 32.3 Å². The standard InChI is InChI=1S/C15H22BrNO/c16-14-6-4-5-13(9-14)10-17-11-15(12-18)7-2-1-3-8-15/h4-6,9,17-18H,1-3,7-8,10-12H2. The zero-order valence-electron chi connectivity index (χ0n) is 10.8. The Morgan fingerprint density at radius 2 is 2.00 bits per heavy atom. The number of nitrogens with one attached hydrogen (secondary N) is 1. The van der Waals surface area contributed by atoms with Gasteiger partial charge in [-0.2, -0.15) is 0 Å². The Morgan fingerprint density at radius 3 is 2.67 bits per heavy atom. The van der Waals surface area contributed by atoms with E-state index in [0.29, 0.717) is 6.61 Å². The van der Waals surface area contributed by atoms with E-state index in [-0.39, 0.29) is 5.41 Å². The molecule has 100 valence electrons. The molecule has 0 aliphatic heterocycles. The first kappa shape index (κ1) is 14.0. The second-order valence-corrected chi connectivity index (χ2v) is 6.37. The van der Waals surface area contributed by atoms with Gasteiger partial charge in [-0.3, -0.25) is 0 Å². The van der Waals surface area contributed by atoms with Gasteiger partial charge in [-0.1, -0.05) is 47.3 Å². The summed E-state index contributed by atoms with van der Waals surface area (Å²) in [6.07, 6.45) is 6.18. The number of rotatable bonds is 5. The summed E-state index contributed by atoms with van der Waals surface area (Å²) in [4.78, 5) is 0. The Morgan fingerprint density at radius 1 is 1.22 bits per heavy atom. The molecule has 0 spiro atoms. The zero-order chi connectivity index (χ0) is 12.8. The van der Waals surface area contributed by atoms with Crippen LogP contribution in [0.2, 0.25) is 0 Å². The molecule has 0 amide bonds. The summed E-state index contributed by atoms with van der Waals surface area (Å²) in [6, 6.07) is 8.37. The molecule has 18 heavy (non-hydrogen) atoms. The summed E-state index contributed by atoms with van der Waals surface area (Å²) in [5, 5.41) is 13.1. The largest absolute Gasteiger partial charge is 0.396 e. The lowest BCUT2D eigenvalue weighted by Gasteiger charge is -2.35. The van der Waals surface area contributed by atoms with Gasteiger partial charge in [0.05, 0.1) is 0 Å². The van der Waals surface area contributed by atoms with Gasteiger partial charge in [-0.25, -0.2) is 0 Å². The average molecular weight is 312 g/mol. The van der Waals surface area contributed by atoms with E-state index >= 15 is 0 Å². The van der Waals surface area contributed by atoms with E-state index in [9.17, 15) is 5.11 Å². The van der Waals surface area contributed by atoms with Crippen LogP contribution in [-0.4, -0.2) is 18.3 Å². The fraction of sp³-hybridized carbons (Fsp3) is 0.600. The number of hydrogen-bond acceptors (Lipinski definition) is 2. The quantitative estimate of drug-likeness (QED) is 0.872. The summed E-state index contributed by atoms with van der Waals surface area (Å²) in [6.45, 7) is 2.12. The summed E-state index contributed by atoms with van der Waals surface area (Å²) >= 11 is 3.49. The summed E-state index contributed by atoms with van der Waals surface area (Å²) < 4.78 is 1.12. The van der Waals surface area contributed by atoms with Crippen molar-refractivity contribution in [1.29, 1.82) is 0 Å². The molecule has 0 heterocycles. The van der Waals surface area contributed by atoms with Crippen LogP contribution in [0.4, 0.5) is 0 Å². The average Bonchev–Trinajstić information content (AvgIpc) is 2.40. The van der Waals surface area contributed by atoms with Crippen molar-refractivity contribution >= 4 is 15.9 Å². The van der Waals surface area contributed by atoms with Crippen molar-refractivity contribution in [3.8, 4) is 0 Å². The highest BCUT2D eigenvalue weighted by Crippen LogP contribution is 2.35. The van der Waals surface area contributed by atoms with Crippen molar-refractivity contribution in [2.45, 2.75) is 38.6 Å². The van der Waals surface area contributed by atoms with Gasteiger partial charge in [0.15, 0.2) is 0 Å². The molecule has 0 saturated heterocycles. The van der Waals surface area contributed by atoms with E-state index in [1.807, 2.05) is 6.07 Å². The molecule has 1 aliphatic rings. The van der Waals surface area contributed by atoms with Crippen molar-refractivity contribution in [3.63, 3.8) is 0 Å². The summed E-state index contributed by atoms with van der Waals surface area (Å²) in [5.41, 5.74) is 1.41. The molecule has 1 fully saturated rings. The van der Waals surface area contributed by atoms with Gasteiger partial charge >= 0.3 is 0 Å². The van der Waals surface area contributed by atoms with E-state index in [2.05, 4.69) is 39.4 Å². The van der Waals surface area contributed by atoms with Gasteiger partial charge in [0.25, 0.3) is 0 Å². The van der Waals surface area contributed by atoms with Crippen LogP contribution in [0.3, 0.4) is 0 Å². The normalized spacial score (nSPS) is 18.8. The minimum atomic E-state index is 0.129. The van der Waals surface area contributed by atoms with Gasteiger partial charge in [0.2, 0.25) is 0 Å². The van der Waals surface area contributed by atoms with Gasteiger partial charge in [-0.15, -0.1) is 0 Å². The second kappa shape index (κ2) is 6.69. The van der Waals surface area contributed by atoms with Crippen LogP contribution in [0, 0.1) is 5.41 Å². The van der Waals surface area contributed by atoms with Crippen molar-refractivity contribution in [1.82, 2.24) is 5.32 Å². The molecule has 0 unspecified atom stereocenters. The Labute approximate surface area is 118 Å². The molecule has 1 saturated carbocycles. The van der Waals surface area contributed by atoms with Crippen LogP contribution in [-0.2, 0) is 6.54 Å². The molecule has 1 aromatic carbocycles. The number of benzene rings is 1. The minimum Gasteiger partial charge on any atom is -0.396 e. The number of aliphatic hydroxyl groups excluding tert-OH is 1. The van der Waals surface area contributed by atoms with Gasteiger partial charge in [0, 0.05) is 29.6 Å². The summed E-state index contributed by atoms with van der Waals surface area (Å²) in [7, 11) is 0. The molecule has 0 aromatic heterocycles. The molecular weight excluding hydrogens is 290 g/mol. The highest BCUT2D eigenvalue weighted by molar-refractivity contribution is 9.10. The molecular formula is C15H22BrNO. The van der Waals surface area contributed by atoms with E-state index in [4.69, 9.17) is 0 Å². The van der Waals surface area contributed by atoms with Crippen LogP contribution in [0.5, 0.6) is 0 Å². The van der Waals surface area contributed by atoms with Crippen LogP contribution in [0.25, 0.3) is 0 Å². The van der Waals surface area contributed by atoms with Crippen LogP contribution in [0.1, 0.15) is 37.7 Å². The molecule has 1 aromatic rings. The van der Waals surface area contributed by atoms with Crippen LogP contribution < -0.4 is 5.32 Å². The van der Waals surface area contributed by atoms with Crippen molar-refractivity contribution in [2.24, 2.45) is 5.41 Å². The fourth-order valence-corrected chi connectivity index (χ4v) is 3.26. The maximum absolute atomic E-state index is 9.64. The molecule has 2 nitrogen and oxygen atoms in total. The van der Waals surface area contributed by atoms with Crippen LogP contribution >= 0.6 is 15.9 Å². The maximum atomic E-state index is 9.64. The molecule has 0 radical (unpaired) electrons. The molecule has 2 N–H and O–H groups in total. The third kappa shape index (κ3) is 3.81. The minimum absolute atomic E-state index is 0.129. The van der Waals surface area contributed by atoms with Crippen molar-refractivity contribution in [3.05, 3.63) is 34.3 Å². The Balaban J connectivity index is 1.83. The molecule has 3 heteroatoms. The molecule has 2 rings (SSSR count). The third-order valence-corrected chi connectivity index (χ3v) is 4.46. The first-order valence-electron chi connectivity index (χ1n) is 6.80. The number of halogens is 1. The van der Waals surface area contributed by atoms with Gasteiger partial charge < -0.3 is 10.4 Å². The SMILES string of the molecule is OCC1(CNCc2cccc(Br)c2)CCCCC1. The first-order chi connectivity index (χ1) is 8.74. The lowest BCUT2D eigenvalue weighted by atomic mass is 9.74. The van der Waals surface area contributed by atoms with E-state index in [0.717, 1.165) is 30.4 Å². The maximum Gasteiger partial charge on any atom is 0.0499 e. The monoisotopic (exact) mass is 311 g/mol. The third-order valence-electron chi connectivity index (χ3n) is 3.97. The number of aliphatic hydroxyl groups is 1. The Hall–Kier alpha value is -0.380. The molecule has 0 atom stereocenters. The smallest absolute Gasteiger partial charge is 0.0499 e.